The van der Waals surface area contributed by atoms with Gasteiger partial charge in [0.15, 0.2) is 5.78 Å². The molecule has 1 aliphatic rings. The number of aromatic nitrogens is 2. The van der Waals surface area contributed by atoms with E-state index in [-0.39, 0.29) is 5.78 Å². The predicted molar refractivity (Wildman–Crippen MR) is 132 cm³/mol. The summed E-state index contributed by atoms with van der Waals surface area (Å²) < 4.78 is 0. The average Bonchev–Trinajstić information content (AvgIpc) is 2.82. The summed E-state index contributed by atoms with van der Waals surface area (Å²) in [5.74, 6) is 0.515. The number of ketones is 1. The molecule has 0 radical (unpaired) electrons. The SMILES string of the molecule is C=CC(=O)Cc1cccc(-c2nc(Nc3ccc(Cl)c(N4CCCCC4)c3)ncc2C)c1. The van der Waals surface area contributed by atoms with Crippen molar-refractivity contribution in [2.75, 3.05) is 23.3 Å². The number of anilines is 3. The van der Waals surface area contributed by atoms with Gasteiger partial charge in [0.25, 0.3) is 0 Å². The van der Waals surface area contributed by atoms with Crippen molar-refractivity contribution in [1.29, 1.82) is 0 Å². The van der Waals surface area contributed by atoms with Crippen LogP contribution in [-0.4, -0.2) is 28.8 Å². The van der Waals surface area contributed by atoms with Gasteiger partial charge in [-0.25, -0.2) is 9.97 Å². The third-order valence-corrected chi connectivity index (χ3v) is 6.00. The van der Waals surface area contributed by atoms with E-state index in [0.29, 0.717) is 12.4 Å². The maximum atomic E-state index is 11.8. The Bertz CT molecular complexity index is 1140. The van der Waals surface area contributed by atoms with E-state index in [0.717, 1.165) is 51.9 Å². The molecule has 32 heavy (non-hydrogen) atoms. The molecule has 0 bridgehead atoms. The Morgan fingerprint density at radius 3 is 2.78 bits per heavy atom. The zero-order valence-electron chi connectivity index (χ0n) is 18.3. The second-order valence-corrected chi connectivity index (χ2v) is 8.52. The highest BCUT2D eigenvalue weighted by molar-refractivity contribution is 6.33. The Labute approximate surface area is 194 Å². The summed E-state index contributed by atoms with van der Waals surface area (Å²) in [6, 6.07) is 13.8. The Morgan fingerprint density at radius 2 is 2.00 bits per heavy atom. The molecule has 1 aromatic heterocycles. The summed E-state index contributed by atoms with van der Waals surface area (Å²) >= 11 is 6.49. The van der Waals surface area contributed by atoms with E-state index >= 15 is 0 Å². The molecule has 5 nitrogen and oxygen atoms in total. The minimum Gasteiger partial charge on any atom is -0.370 e. The number of allylic oxidation sites excluding steroid dienone is 1. The van der Waals surface area contributed by atoms with Crippen LogP contribution in [0.3, 0.4) is 0 Å². The van der Waals surface area contributed by atoms with Crippen molar-refractivity contribution >= 4 is 34.7 Å². The highest BCUT2D eigenvalue weighted by atomic mass is 35.5. The van der Waals surface area contributed by atoms with Gasteiger partial charge < -0.3 is 10.2 Å². The molecule has 4 rings (SSSR count). The minimum atomic E-state index is -0.00355. The maximum absolute atomic E-state index is 11.8. The first-order chi connectivity index (χ1) is 15.5. The van der Waals surface area contributed by atoms with Crippen LogP contribution < -0.4 is 10.2 Å². The van der Waals surface area contributed by atoms with Crippen LogP contribution in [0.4, 0.5) is 17.3 Å². The Hall–Kier alpha value is -3.18. The van der Waals surface area contributed by atoms with Crippen LogP contribution >= 0.6 is 11.6 Å². The third kappa shape index (κ3) is 5.17. The fourth-order valence-corrected chi connectivity index (χ4v) is 4.23. The highest BCUT2D eigenvalue weighted by Crippen LogP contribution is 2.32. The van der Waals surface area contributed by atoms with Crippen molar-refractivity contribution < 1.29 is 4.79 Å². The number of hydrogen-bond donors (Lipinski definition) is 1. The van der Waals surface area contributed by atoms with Gasteiger partial charge in [-0.15, -0.1) is 0 Å². The van der Waals surface area contributed by atoms with Crippen LogP contribution in [0.5, 0.6) is 0 Å². The van der Waals surface area contributed by atoms with E-state index in [4.69, 9.17) is 16.6 Å². The number of halogens is 1. The standard InChI is InChI=1S/C26H27ClN4O/c1-3-22(32)15-19-8-7-9-20(14-19)25-18(2)17-28-26(30-25)29-21-10-11-23(27)24(16-21)31-12-5-4-6-13-31/h3,7-11,14,16-17H,1,4-6,12-13,15H2,2H3,(H,28,29,30). The van der Waals surface area contributed by atoms with Gasteiger partial charge in [-0.2, -0.15) is 0 Å². The van der Waals surface area contributed by atoms with Crippen molar-refractivity contribution in [1.82, 2.24) is 9.97 Å². The van der Waals surface area contributed by atoms with Gasteiger partial charge in [0.05, 0.1) is 16.4 Å². The Morgan fingerprint density at radius 1 is 1.19 bits per heavy atom. The number of aryl methyl sites for hydroxylation is 1. The Balaban J connectivity index is 1.59. The van der Waals surface area contributed by atoms with Crippen molar-refractivity contribution in [3.05, 3.63) is 77.5 Å². The van der Waals surface area contributed by atoms with Crippen LogP contribution in [0.2, 0.25) is 5.02 Å². The zero-order chi connectivity index (χ0) is 22.5. The molecule has 0 saturated carbocycles. The summed E-state index contributed by atoms with van der Waals surface area (Å²) in [4.78, 5) is 23.3. The lowest BCUT2D eigenvalue weighted by atomic mass is 10.0. The number of nitrogens with one attached hydrogen (secondary N) is 1. The first kappa shape index (κ1) is 22.0. The summed E-state index contributed by atoms with van der Waals surface area (Å²) in [6.07, 6.45) is 7.15. The molecule has 2 aromatic carbocycles. The van der Waals surface area contributed by atoms with Crippen molar-refractivity contribution in [2.24, 2.45) is 0 Å². The lowest BCUT2D eigenvalue weighted by molar-refractivity contribution is -0.114. The minimum absolute atomic E-state index is 0.00355. The third-order valence-electron chi connectivity index (χ3n) is 5.68. The number of rotatable bonds is 7. The quantitative estimate of drug-likeness (QED) is 0.442. The van der Waals surface area contributed by atoms with Gasteiger partial charge >= 0.3 is 0 Å². The number of benzene rings is 2. The molecule has 164 valence electrons. The highest BCUT2D eigenvalue weighted by Gasteiger charge is 2.15. The van der Waals surface area contributed by atoms with Crippen molar-refractivity contribution in [2.45, 2.75) is 32.6 Å². The fraction of sp³-hybridized carbons (Fsp3) is 0.269. The molecule has 1 N–H and O–H groups in total. The fourth-order valence-electron chi connectivity index (χ4n) is 3.99. The van der Waals surface area contributed by atoms with Crippen molar-refractivity contribution in [3.8, 4) is 11.3 Å². The second-order valence-electron chi connectivity index (χ2n) is 8.11. The van der Waals surface area contributed by atoms with E-state index in [1.165, 1.54) is 25.3 Å². The second kappa shape index (κ2) is 9.96. The van der Waals surface area contributed by atoms with Gasteiger partial charge in [0.1, 0.15) is 0 Å². The van der Waals surface area contributed by atoms with E-state index in [1.807, 2.05) is 49.5 Å². The van der Waals surface area contributed by atoms with Gasteiger partial charge in [-0.1, -0.05) is 36.4 Å². The topological polar surface area (TPSA) is 58.1 Å². The summed E-state index contributed by atoms with van der Waals surface area (Å²) in [5.41, 5.74) is 5.63. The number of nitrogens with zero attached hydrogens (tertiary/aromatic N) is 3. The lowest BCUT2D eigenvalue weighted by Gasteiger charge is -2.30. The van der Waals surface area contributed by atoms with E-state index in [9.17, 15) is 4.79 Å². The number of carbonyl (C=O) groups excluding carboxylic acids is 1. The smallest absolute Gasteiger partial charge is 0.227 e. The van der Waals surface area contributed by atoms with Gasteiger partial charge in [-0.3, -0.25) is 4.79 Å². The van der Waals surface area contributed by atoms with E-state index < -0.39 is 0 Å². The molecule has 0 amide bonds. The average molecular weight is 447 g/mol. The molecular formula is C26H27ClN4O. The summed E-state index contributed by atoms with van der Waals surface area (Å²) in [6.45, 7) is 7.59. The van der Waals surface area contributed by atoms with Crippen LogP contribution in [0.15, 0.2) is 61.3 Å². The molecule has 0 atom stereocenters. The predicted octanol–water partition coefficient (Wildman–Crippen LogP) is 6.14. The number of carbonyl (C=O) groups is 1. The molecule has 2 heterocycles. The molecule has 1 saturated heterocycles. The largest absolute Gasteiger partial charge is 0.370 e. The first-order valence-electron chi connectivity index (χ1n) is 10.9. The molecular weight excluding hydrogens is 420 g/mol. The zero-order valence-corrected chi connectivity index (χ0v) is 19.0. The van der Waals surface area contributed by atoms with Crippen molar-refractivity contribution in [3.63, 3.8) is 0 Å². The molecule has 0 spiro atoms. The molecule has 0 unspecified atom stereocenters. The van der Waals surface area contributed by atoms with Crippen LogP contribution in [-0.2, 0) is 11.2 Å². The molecule has 1 fully saturated rings. The molecule has 3 aromatic rings. The Kier molecular flexibility index (Phi) is 6.86. The molecule has 1 aliphatic heterocycles. The van der Waals surface area contributed by atoms with E-state index in [2.05, 4.69) is 27.8 Å². The van der Waals surface area contributed by atoms with E-state index in [1.54, 1.807) is 0 Å². The number of hydrogen-bond acceptors (Lipinski definition) is 5. The van der Waals surface area contributed by atoms with Crippen LogP contribution in [0.1, 0.15) is 30.4 Å². The maximum Gasteiger partial charge on any atom is 0.227 e. The normalized spacial score (nSPS) is 13.6. The van der Waals surface area contributed by atoms with Gasteiger partial charge in [-0.05, 0) is 67.7 Å². The lowest BCUT2D eigenvalue weighted by Crippen LogP contribution is -2.29. The van der Waals surface area contributed by atoms with Crippen LogP contribution in [0.25, 0.3) is 11.3 Å². The monoisotopic (exact) mass is 446 g/mol. The first-order valence-corrected chi connectivity index (χ1v) is 11.3. The molecule has 6 heteroatoms. The van der Waals surface area contributed by atoms with Gasteiger partial charge in [0.2, 0.25) is 5.95 Å². The number of piperidine rings is 1. The van der Waals surface area contributed by atoms with Crippen LogP contribution in [0, 0.1) is 6.92 Å². The summed E-state index contributed by atoms with van der Waals surface area (Å²) in [5, 5.41) is 4.09. The van der Waals surface area contributed by atoms with Gasteiger partial charge in [0, 0.05) is 37.0 Å². The summed E-state index contributed by atoms with van der Waals surface area (Å²) in [7, 11) is 0. The molecule has 0 aliphatic carbocycles.